The molecular formula is C20H29NO4. The number of carbonyl (C=O) groups excluding carboxylic acids is 1. The lowest BCUT2D eigenvalue weighted by Crippen LogP contribution is -2.28. The fourth-order valence-electron chi connectivity index (χ4n) is 3.71. The SMILES string of the molecule is CCOC(=O)C1CCCC(CNc2ccccc2OC2CCOC2)C1. The smallest absolute Gasteiger partial charge is 0.308 e. The molecule has 2 aliphatic rings. The Morgan fingerprint density at radius 3 is 2.96 bits per heavy atom. The molecule has 25 heavy (non-hydrogen) atoms. The molecule has 1 heterocycles. The Hall–Kier alpha value is -1.75. The first-order chi connectivity index (χ1) is 12.3. The zero-order valence-corrected chi connectivity index (χ0v) is 15.0. The molecule has 1 aromatic rings. The summed E-state index contributed by atoms with van der Waals surface area (Å²) in [4.78, 5) is 12.0. The maximum atomic E-state index is 12.0. The Kier molecular flexibility index (Phi) is 6.56. The molecule has 1 saturated heterocycles. The second-order valence-corrected chi connectivity index (χ2v) is 6.96. The molecule has 1 aliphatic carbocycles. The first-order valence-electron chi connectivity index (χ1n) is 9.50. The fraction of sp³-hybridized carbons (Fsp3) is 0.650. The van der Waals surface area contributed by atoms with Crippen LogP contribution in [0.15, 0.2) is 24.3 Å². The van der Waals surface area contributed by atoms with Crippen molar-refractivity contribution in [1.82, 2.24) is 0 Å². The highest BCUT2D eigenvalue weighted by Crippen LogP contribution is 2.32. The lowest BCUT2D eigenvalue weighted by Gasteiger charge is -2.28. The third-order valence-corrected chi connectivity index (χ3v) is 5.05. The van der Waals surface area contributed by atoms with E-state index in [0.29, 0.717) is 19.1 Å². The predicted octanol–water partition coefficient (Wildman–Crippen LogP) is 3.64. The van der Waals surface area contributed by atoms with Crippen LogP contribution in [0.25, 0.3) is 0 Å². The van der Waals surface area contributed by atoms with Gasteiger partial charge in [0.2, 0.25) is 0 Å². The summed E-state index contributed by atoms with van der Waals surface area (Å²) in [7, 11) is 0. The van der Waals surface area contributed by atoms with Crippen molar-refractivity contribution in [2.45, 2.75) is 45.1 Å². The Morgan fingerprint density at radius 1 is 1.28 bits per heavy atom. The van der Waals surface area contributed by atoms with Gasteiger partial charge in [0, 0.05) is 13.0 Å². The van der Waals surface area contributed by atoms with Gasteiger partial charge in [-0.25, -0.2) is 0 Å². The van der Waals surface area contributed by atoms with Crippen molar-refractivity contribution in [3.05, 3.63) is 24.3 Å². The van der Waals surface area contributed by atoms with E-state index in [0.717, 1.165) is 56.7 Å². The molecule has 0 amide bonds. The van der Waals surface area contributed by atoms with E-state index in [1.807, 2.05) is 25.1 Å². The molecule has 1 saturated carbocycles. The number of esters is 1. The van der Waals surface area contributed by atoms with Gasteiger partial charge in [-0.1, -0.05) is 18.6 Å². The summed E-state index contributed by atoms with van der Waals surface area (Å²) >= 11 is 0. The van der Waals surface area contributed by atoms with E-state index in [9.17, 15) is 4.79 Å². The monoisotopic (exact) mass is 347 g/mol. The number of para-hydroxylation sites is 2. The topological polar surface area (TPSA) is 56.8 Å². The molecule has 0 spiro atoms. The van der Waals surface area contributed by atoms with Gasteiger partial charge >= 0.3 is 5.97 Å². The molecule has 0 aromatic heterocycles. The van der Waals surface area contributed by atoms with Crippen LogP contribution in [0.5, 0.6) is 5.75 Å². The quantitative estimate of drug-likeness (QED) is 0.763. The van der Waals surface area contributed by atoms with Gasteiger partial charge in [-0.3, -0.25) is 4.79 Å². The van der Waals surface area contributed by atoms with E-state index in [1.54, 1.807) is 0 Å². The van der Waals surface area contributed by atoms with Crippen LogP contribution < -0.4 is 10.1 Å². The van der Waals surface area contributed by atoms with E-state index in [4.69, 9.17) is 14.2 Å². The number of carbonyl (C=O) groups is 1. The minimum atomic E-state index is -0.0304. The van der Waals surface area contributed by atoms with Crippen molar-refractivity contribution in [3.8, 4) is 5.75 Å². The van der Waals surface area contributed by atoms with Crippen LogP contribution in [0.4, 0.5) is 5.69 Å². The molecule has 3 atom stereocenters. The second-order valence-electron chi connectivity index (χ2n) is 6.96. The van der Waals surface area contributed by atoms with E-state index in [1.165, 1.54) is 0 Å². The molecule has 3 unspecified atom stereocenters. The largest absolute Gasteiger partial charge is 0.486 e. The Morgan fingerprint density at radius 2 is 2.16 bits per heavy atom. The van der Waals surface area contributed by atoms with Gasteiger partial charge in [-0.05, 0) is 44.2 Å². The standard InChI is InChI=1S/C20H29NO4/c1-2-24-20(22)16-7-5-6-15(12-16)13-21-18-8-3-4-9-19(18)25-17-10-11-23-14-17/h3-4,8-9,15-17,21H,2,5-7,10-14H2,1H3. The van der Waals surface area contributed by atoms with Crippen LogP contribution >= 0.6 is 0 Å². The van der Waals surface area contributed by atoms with Gasteiger partial charge in [0.15, 0.2) is 0 Å². The molecule has 5 nitrogen and oxygen atoms in total. The summed E-state index contributed by atoms with van der Waals surface area (Å²) in [6.07, 6.45) is 5.20. The number of nitrogens with one attached hydrogen (secondary N) is 1. The summed E-state index contributed by atoms with van der Waals surface area (Å²) < 4.78 is 16.7. The van der Waals surface area contributed by atoms with Crippen LogP contribution in [-0.2, 0) is 14.3 Å². The number of benzene rings is 1. The molecule has 1 N–H and O–H groups in total. The molecule has 2 fully saturated rings. The van der Waals surface area contributed by atoms with Gasteiger partial charge in [-0.2, -0.15) is 0 Å². The van der Waals surface area contributed by atoms with Crippen LogP contribution in [-0.4, -0.2) is 38.4 Å². The van der Waals surface area contributed by atoms with Crippen LogP contribution in [0.2, 0.25) is 0 Å². The maximum absolute atomic E-state index is 12.0. The fourth-order valence-corrected chi connectivity index (χ4v) is 3.71. The van der Waals surface area contributed by atoms with Crippen molar-refractivity contribution >= 4 is 11.7 Å². The molecule has 1 aromatic carbocycles. The van der Waals surface area contributed by atoms with E-state index < -0.39 is 0 Å². The molecule has 1 aliphatic heterocycles. The van der Waals surface area contributed by atoms with Crippen molar-refractivity contribution < 1.29 is 19.0 Å². The second kappa shape index (κ2) is 9.09. The molecule has 3 rings (SSSR count). The number of ether oxygens (including phenoxy) is 3. The summed E-state index contributed by atoms with van der Waals surface area (Å²) in [5.74, 6) is 1.40. The Bertz CT molecular complexity index is 556. The van der Waals surface area contributed by atoms with Crippen molar-refractivity contribution in [1.29, 1.82) is 0 Å². The maximum Gasteiger partial charge on any atom is 0.308 e. The Labute approximate surface area is 150 Å². The first kappa shape index (κ1) is 18.1. The van der Waals surface area contributed by atoms with Gasteiger partial charge in [0.1, 0.15) is 11.9 Å². The number of anilines is 1. The highest BCUT2D eigenvalue weighted by Gasteiger charge is 2.28. The predicted molar refractivity (Wildman–Crippen MR) is 96.9 cm³/mol. The lowest BCUT2D eigenvalue weighted by atomic mass is 9.81. The van der Waals surface area contributed by atoms with Gasteiger partial charge in [0.05, 0.1) is 31.4 Å². The van der Waals surface area contributed by atoms with Crippen LogP contribution in [0.3, 0.4) is 0 Å². The van der Waals surface area contributed by atoms with Crippen molar-refractivity contribution in [2.24, 2.45) is 11.8 Å². The number of hydrogen-bond acceptors (Lipinski definition) is 5. The minimum absolute atomic E-state index is 0.0304. The molecule has 0 bridgehead atoms. The van der Waals surface area contributed by atoms with E-state index in [-0.39, 0.29) is 18.0 Å². The first-order valence-corrected chi connectivity index (χ1v) is 9.50. The Balaban J connectivity index is 1.53. The molecule has 5 heteroatoms. The zero-order valence-electron chi connectivity index (χ0n) is 15.0. The highest BCUT2D eigenvalue weighted by atomic mass is 16.5. The molecular weight excluding hydrogens is 318 g/mol. The van der Waals surface area contributed by atoms with Gasteiger partial charge in [0.25, 0.3) is 0 Å². The third-order valence-electron chi connectivity index (χ3n) is 5.05. The van der Waals surface area contributed by atoms with Crippen LogP contribution in [0, 0.1) is 11.8 Å². The number of rotatable bonds is 7. The average Bonchev–Trinajstić information content (AvgIpc) is 3.14. The van der Waals surface area contributed by atoms with E-state index >= 15 is 0 Å². The lowest BCUT2D eigenvalue weighted by molar-refractivity contribution is -0.149. The van der Waals surface area contributed by atoms with Crippen LogP contribution in [0.1, 0.15) is 39.0 Å². The summed E-state index contributed by atoms with van der Waals surface area (Å²) in [5, 5.41) is 3.53. The summed E-state index contributed by atoms with van der Waals surface area (Å²) in [6.45, 7) is 4.63. The summed E-state index contributed by atoms with van der Waals surface area (Å²) in [6, 6.07) is 8.07. The molecule has 0 radical (unpaired) electrons. The van der Waals surface area contributed by atoms with E-state index in [2.05, 4.69) is 11.4 Å². The van der Waals surface area contributed by atoms with Gasteiger partial charge < -0.3 is 19.5 Å². The average molecular weight is 347 g/mol. The molecule has 138 valence electrons. The normalized spacial score (nSPS) is 26.2. The third kappa shape index (κ3) is 5.11. The summed E-state index contributed by atoms with van der Waals surface area (Å²) in [5.41, 5.74) is 1.02. The number of hydrogen-bond donors (Lipinski definition) is 1. The highest BCUT2D eigenvalue weighted by molar-refractivity contribution is 5.72. The van der Waals surface area contributed by atoms with Crippen molar-refractivity contribution in [3.63, 3.8) is 0 Å². The zero-order chi connectivity index (χ0) is 17.5. The minimum Gasteiger partial charge on any atom is -0.486 e. The van der Waals surface area contributed by atoms with Gasteiger partial charge in [-0.15, -0.1) is 0 Å². The van der Waals surface area contributed by atoms with Crippen molar-refractivity contribution in [2.75, 3.05) is 31.7 Å².